The fraction of sp³-hybridized carbons (Fsp3) is 0.500. The average molecular weight is 191 g/mol. The van der Waals surface area contributed by atoms with Crippen LogP contribution in [0.1, 0.15) is 26.7 Å². The van der Waals surface area contributed by atoms with Crippen molar-refractivity contribution in [3.05, 3.63) is 22.7 Å². The highest BCUT2D eigenvalue weighted by Crippen LogP contribution is 2.31. The zero-order valence-corrected chi connectivity index (χ0v) is 8.75. The van der Waals surface area contributed by atoms with Crippen molar-refractivity contribution in [1.29, 1.82) is 0 Å². The molecule has 3 nitrogen and oxygen atoms in total. The quantitative estimate of drug-likeness (QED) is 0.376. The van der Waals surface area contributed by atoms with Gasteiger partial charge in [0, 0.05) is 0 Å². The number of allylic oxidation sites excluding steroid dienone is 3. The minimum absolute atomic E-state index is 0.0323. The highest BCUT2D eigenvalue weighted by Gasteiger charge is 2.19. The lowest BCUT2D eigenvalue weighted by Crippen LogP contribution is -2.11. The van der Waals surface area contributed by atoms with E-state index in [0.717, 1.165) is 18.4 Å². The molecule has 4 heteroatoms. The molecule has 0 spiro atoms. The Hall–Kier alpha value is -1.03. The number of aliphatic hydroxyl groups is 1. The number of hydrogen-bond acceptors (Lipinski definition) is 3. The summed E-state index contributed by atoms with van der Waals surface area (Å²) in [6.45, 7) is 4.06. The average Bonchev–Trinajstić information content (AvgIpc) is 2.97. The molecular formula is C10H16BN2O. The maximum atomic E-state index is 8.82. The molecule has 0 atom stereocenters. The summed E-state index contributed by atoms with van der Waals surface area (Å²) in [5.41, 5.74) is 3.67. The Kier molecular flexibility index (Phi) is 4.46. The number of nitrogens with zero attached hydrogens (tertiary/aromatic N) is 1. The predicted octanol–water partition coefficient (Wildman–Crippen LogP) is 1.19. The third-order valence-corrected chi connectivity index (χ3v) is 2.26. The van der Waals surface area contributed by atoms with Gasteiger partial charge in [-0.1, -0.05) is 24.0 Å². The number of rotatable bonds is 6. The molecule has 1 rings (SSSR count). The van der Waals surface area contributed by atoms with Gasteiger partial charge in [0.15, 0.2) is 0 Å². The van der Waals surface area contributed by atoms with Crippen molar-refractivity contribution >= 4 is 13.6 Å². The maximum absolute atomic E-state index is 8.82. The van der Waals surface area contributed by atoms with Crippen molar-refractivity contribution in [2.75, 3.05) is 6.61 Å². The fourth-order valence-corrected chi connectivity index (χ4v) is 1.13. The second-order valence-electron chi connectivity index (χ2n) is 3.21. The molecule has 0 saturated heterocycles. The van der Waals surface area contributed by atoms with E-state index in [-0.39, 0.29) is 6.61 Å². The van der Waals surface area contributed by atoms with E-state index >= 15 is 0 Å². The Morgan fingerprint density at radius 1 is 1.71 bits per heavy atom. The fourth-order valence-electron chi connectivity index (χ4n) is 1.13. The summed E-state index contributed by atoms with van der Waals surface area (Å²) >= 11 is 0. The van der Waals surface area contributed by atoms with Crippen molar-refractivity contribution in [2.24, 2.45) is 5.10 Å². The van der Waals surface area contributed by atoms with Crippen molar-refractivity contribution in [3.8, 4) is 0 Å². The van der Waals surface area contributed by atoms with Gasteiger partial charge in [0.25, 0.3) is 0 Å². The molecule has 2 N–H and O–H groups in total. The van der Waals surface area contributed by atoms with Crippen LogP contribution in [0.4, 0.5) is 0 Å². The van der Waals surface area contributed by atoms with Crippen LogP contribution in [-0.4, -0.2) is 25.3 Å². The maximum Gasteiger partial charge on any atom is 0.300 e. The first kappa shape index (κ1) is 11.1. The Labute approximate surface area is 85.9 Å². The van der Waals surface area contributed by atoms with E-state index in [1.807, 2.05) is 20.4 Å². The Morgan fingerprint density at radius 3 is 3.00 bits per heavy atom. The smallest absolute Gasteiger partial charge is 0.300 e. The van der Waals surface area contributed by atoms with Crippen LogP contribution >= 0.6 is 0 Å². The van der Waals surface area contributed by atoms with Gasteiger partial charge < -0.3 is 10.4 Å². The summed E-state index contributed by atoms with van der Waals surface area (Å²) in [5, 5.41) is 15.6. The first-order valence-electron chi connectivity index (χ1n) is 4.90. The zero-order valence-electron chi connectivity index (χ0n) is 8.75. The molecule has 1 aliphatic rings. The molecule has 0 aromatic carbocycles. The van der Waals surface area contributed by atoms with Crippen molar-refractivity contribution < 1.29 is 5.11 Å². The van der Waals surface area contributed by atoms with Gasteiger partial charge >= 0.3 is 7.41 Å². The van der Waals surface area contributed by atoms with Gasteiger partial charge in [0.05, 0.1) is 12.8 Å². The van der Waals surface area contributed by atoms with E-state index in [2.05, 4.69) is 17.4 Å². The standard InChI is InChI=1S/C10H16BN2O/c1-3-8(7-14)6-12-13-11-10-5-9(10)4-2/h3,6,13-14H,4-5,7H2,1-2H3/b8-3+,12-6-. The van der Waals surface area contributed by atoms with Crippen LogP contribution < -0.4 is 5.34 Å². The second kappa shape index (κ2) is 5.65. The van der Waals surface area contributed by atoms with Crippen LogP contribution in [-0.2, 0) is 0 Å². The van der Waals surface area contributed by atoms with Gasteiger partial charge in [-0.3, -0.25) is 0 Å². The van der Waals surface area contributed by atoms with Gasteiger partial charge in [0.1, 0.15) is 0 Å². The molecule has 0 aromatic rings. The van der Waals surface area contributed by atoms with Gasteiger partial charge in [-0.15, -0.1) is 0 Å². The SMILES string of the molecule is C/C=C(\C=N/N[B]C1=C(CC)C1)CO. The number of nitrogens with one attached hydrogen (secondary N) is 1. The Bertz CT molecular complexity index is 282. The minimum atomic E-state index is 0.0323. The number of aliphatic hydroxyl groups excluding tert-OH is 1. The topological polar surface area (TPSA) is 44.6 Å². The van der Waals surface area contributed by atoms with E-state index in [1.165, 1.54) is 11.0 Å². The highest BCUT2D eigenvalue weighted by atomic mass is 16.3. The van der Waals surface area contributed by atoms with Gasteiger partial charge in [-0.25, -0.2) is 5.10 Å². The molecule has 0 aromatic heterocycles. The molecule has 0 saturated carbocycles. The molecule has 1 aliphatic carbocycles. The second-order valence-corrected chi connectivity index (χ2v) is 3.21. The Balaban J connectivity index is 2.18. The van der Waals surface area contributed by atoms with E-state index in [4.69, 9.17) is 5.11 Å². The monoisotopic (exact) mass is 191 g/mol. The predicted molar refractivity (Wildman–Crippen MR) is 60.2 cm³/mol. The lowest BCUT2D eigenvalue weighted by molar-refractivity contribution is 0.337. The number of hydrogen-bond donors (Lipinski definition) is 2. The molecule has 0 bridgehead atoms. The van der Waals surface area contributed by atoms with E-state index in [9.17, 15) is 0 Å². The number of hydrazone groups is 1. The van der Waals surface area contributed by atoms with Crippen LogP contribution in [0.2, 0.25) is 0 Å². The molecule has 75 valence electrons. The molecular weight excluding hydrogens is 175 g/mol. The van der Waals surface area contributed by atoms with Crippen LogP contribution in [0.25, 0.3) is 0 Å². The van der Waals surface area contributed by atoms with Crippen LogP contribution in [0.3, 0.4) is 0 Å². The summed E-state index contributed by atoms with van der Waals surface area (Å²) < 4.78 is 0. The van der Waals surface area contributed by atoms with Gasteiger partial charge in [-0.05, 0) is 25.3 Å². The third-order valence-electron chi connectivity index (χ3n) is 2.26. The largest absolute Gasteiger partial charge is 0.392 e. The minimum Gasteiger partial charge on any atom is -0.392 e. The molecule has 14 heavy (non-hydrogen) atoms. The summed E-state index contributed by atoms with van der Waals surface area (Å²) in [6, 6.07) is 0. The van der Waals surface area contributed by atoms with Crippen LogP contribution in [0.5, 0.6) is 0 Å². The zero-order chi connectivity index (χ0) is 10.4. The first-order chi connectivity index (χ1) is 6.81. The third kappa shape index (κ3) is 3.38. The molecule has 0 unspecified atom stereocenters. The van der Waals surface area contributed by atoms with Crippen molar-refractivity contribution in [2.45, 2.75) is 26.7 Å². The molecule has 0 amide bonds. The highest BCUT2D eigenvalue weighted by molar-refractivity contribution is 6.44. The normalized spacial score (nSPS) is 16.4. The summed E-state index contributed by atoms with van der Waals surface area (Å²) in [6.07, 6.45) is 5.72. The van der Waals surface area contributed by atoms with E-state index in [1.54, 1.807) is 6.21 Å². The summed E-state index contributed by atoms with van der Waals surface area (Å²) in [4.78, 5) is 0. The van der Waals surface area contributed by atoms with Crippen LogP contribution in [0.15, 0.2) is 27.8 Å². The molecule has 0 fully saturated rings. The lowest BCUT2D eigenvalue weighted by atomic mass is 9.91. The van der Waals surface area contributed by atoms with Crippen molar-refractivity contribution in [3.63, 3.8) is 0 Å². The summed E-state index contributed by atoms with van der Waals surface area (Å²) in [5.74, 6) is 0. The van der Waals surface area contributed by atoms with Crippen molar-refractivity contribution in [1.82, 2.24) is 5.34 Å². The first-order valence-corrected chi connectivity index (χ1v) is 4.90. The van der Waals surface area contributed by atoms with E-state index < -0.39 is 0 Å². The summed E-state index contributed by atoms with van der Waals surface area (Å²) in [7, 11) is 1.92. The van der Waals surface area contributed by atoms with E-state index in [0.29, 0.717) is 0 Å². The lowest BCUT2D eigenvalue weighted by Gasteiger charge is -1.94. The Morgan fingerprint density at radius 2 is 2.50 bits per heavy atom. The molecule has 1 radical (unpaired) electrons. The van der Waals surface area contributed by atoms with Crippen LogP contribution in [0, 0.1) is 0 Å². The molecule has 0 heterocycles. The van der Waals surface area contributed by atoms with Gasteiger partial charge in [-0.2, -0.15) is 0 Å². The molecule has 0 aliphatic heterocycles. The van der Waals surface area contributed by atoms with Gasteiger partial charge in [0.2, 0.25) is 0 Å².